The highest BCUT2D eigenvalue weighted by Crippen LogP contribution is 2.19. The predicted octanol–water partition coefficient (Wildman–Crippen LogP) is 2.10. The van der Waals surface area contributed by atoms with E-state index >= 15 is 0 Å². The molecule has 1 aromatic carbocycles. The topological polar surface area (TPSA) is 62.8 Å². The van der Waals surface area contributed by atoms with E-state index in [0.29, 0.717) is 0 Å². The van der Waals surface area contributed by atoms with Gasteiger partial charge in [0, 0.05) is 0 Å². The van der Waals surface area contributed by atoms with E-state index in [0.717, 1.165) is 30.8 Å². The minimum atomic E-state index is 0.172. The second-order valence-corrected chi connectivity index (χ2v) is 4.46. The van der Waals surface area contributed by atoms with Gasteiger partial charge in [-0.3, -0.25) is 0 Å². The molecule has 2 rings (SSSR count). The number of hydrogen-bond acceptors (Lipinski definition) is 4. The van der Waals surface area contributed by atoms with Crippen molar-refractivity contribution in [2.24, 2.45) is 0 Å². The number of rotatable bonds is 7. The van der Waals surface area contributed by atoms with E-state index in [1.165, 1.54) is 5.56 Å². The molecule has 1 aromatic heterocycles. The summed E-state index contributed by atoms with van der Waals surface area (Å²) in [5.74, 6) is 0.881. The molecule has 19 heavy (non-hydrogen) atoms. The zero-order valence-corrected chi connectivity index (χ0v) is 11.4. The number of hydrogen-bond donors (Lipinski definition) is 2. The van der Waals surface area contributed by atoms with Gasteiger partial charge in [0.05, 0.1) is 25.0 Å². The zero-order valence-electron chi connectivity index (χ0n) is 11.4. The van der Waals surface area contributed by atoms with Crippen LogP contribution in [-0.4, -0.2) is 29.1 Å². The standard InChI is InChI=1S/C14H20N4O/c1-3-7-15-13(14-10-16-18-17-14)9-11-5-4-6-12(8-11)19-2/h4-6,8,10,13,15H,3,7,9H2,1-2H3,(H,16,17,18). The maximum absolute atomic E-state index is 5.25. The summed E-state index contributed by atoms with van der Waals surface area (Å²) in [6.45, 7) is 3.11. The maximum Gasteiger partial charge on any atom is 0.119 e. The smallest absolute Gasteiger partial charge is 0.119 e. The summed E-state index contributed by atoms with van der Waals surface area (Å²) in [6, 6.07) is 8.29. The number of aromatic amines is 1. The Hall–Kier alpha value is -1.88. The highest BCUT2D eigenvalue weighted by Gasteiger charge is 2.14. The van der Waals surface area contributed by atoms with E-state index in [9.17, 15) is 0 Å². The Labute approximate surface area is 113 Å². The Bertz CT molecular complexity index is 484. The second kappa shape index (κ2) is 6.89. The van der Waals surface area contributed by atoms with Crippen LogP contribution in [0.4, 0.5) is 0 Å². The van der Waals surface area contributed by atoms with Crippen molar-refractivity contribution in [2.75, 3.05) is 13.7 Å². The molecule has 5 heteroatoms. The van der Waals surface area contributed by atoms with Gasteiger partial charge < -0.3 is 10.1 Å². The number of H-pyrrole nitrogens is 1. The van der Waals surface area contributed by atoms with Crippen molar-refractivity contribution in [3.05, 3.63) is 41.7 Å². The Morgan fingerprint density at radius 1 is 1.42 bits per heavy atom. The van der Waals surface area contributed by atoms with Crippen molar-refractivity contribution < 1.29 is 4.74 Å². The highest BCUT2D eigenvalue weighted by atomic mass is 16.5. The Balaban J connectivity index is 2.10. The van der Waals surface area contributed by atoms with Crippen LogP contribution in [0.5, 0.6) is 5.75 Å². The predicted molar refractivity (Wildman–Crippen MR) is 74.1 cm³/mol. The molecule has 1 heterocycles. The average molecular weight is 260 g/mol. The van der Waals surface area contributed by atoms with Gasteiger partial charge in [0.1, 0.15) is 5.75 Å². The summed E-state index contributed by atoms with van der Waals surface area (Å²) in [6.07, 6.45) is 3.73. The van der Waals surface area contributed by atoms with Gasteiger partial charge in [-0.2, -0.15) is 15.4 Å². The third-order valence-corrected chi connectivity index (χ3v) is 3.01. The van der Waals surface area contributed by atoms with Crippen molar-refractivity contribution in [3.63, 3.8) is 0 Å². The highest BCUT2D eigenvalue weighted by molar-refractivity contribution is 5.29. The molecule has 0 aliphatic carbocycles. The molecule has 0 spiro atoms. The molecule has 0 saturated carbocycles. The van der Waals surface area contributed by atoms with Crippen LogP contribution in [0.1, 0.15) is 30.6 Å². The lowest BCUT2D eigenvalue weighted by atomic mass is 10.0. The third kappa shape index (κ3) is 3.79. The SMILES string of the molecule is CCCNC(Cc1cccc(OC)c1)c1cn[nH]n1. The Kier molecular flexibility index (Phi) is 4.92. The average Bonchev–Trinajstić information content (AvgIpc) is 2.97. The molecule has 0 fully saturated rings. The first kappa shape index (κ1) is 13.5. The summed E-state index contributed by atoms with van der Waals surface area (Å²) in [7, 11) is 1.68. The molecule has 0 radical (unpaired) electrons. The number of nitrogens with one attached hydrogen (secondary N) is 2. The summed E-state index contributed by atoms with van der Waals surface area (Å²) >= 11 is 0. The molecule has 0 bridgehead atoms. The summed E-state index contributed by atoms with van der Waals surface area (Å²) < 4.78 is 5.25. The molecular weight excluding hydrogens is 240 g/mol. The van der Waals surface area contributed by atoms with Gasteiger partial charge in [0.2, 0.25) is 0 Å². The summed E-state index contributed by atoms with van der Waals surface area (Å²) in [5, 5.41) is 14.2. The summed E-state index contributed by atoms with van der Waals surface area (Å²) in [5.41, 5.74) is 2.16. The first-order valence-electron chi connectivity index (χ1n) is 6.55. The molecule has 1 atom stereocenters. The lowest BCUT2D eigenvalue weighted by Gasteiger charge is -2.16. The molecule has 5 nitrogen and oxygen atoms in total. The van der Waals surface area contributed by atoms with Crippen LogP contribution in [0, 0.1) is 0 Å². The van der Waals surface area contributed by atoms with Gasteiger partial charge in [-0.25, -0.2) is 0 Å². The van der Waals surface area contributed by atoms with Crippen LogP contribution in [0.2, 0.25) is 0 Å². The molecule has 0 aliphatic heterocycles. The largest absolute Gasteiger partial charge is 0.497 e. The second-order valence-electron chi connectivity index (χ2n) is 4.46. The van der Waals surface area contributed by atoms with Crippen LogP contribution < -0.4 is 10.1 Å². The minimum Gasteiger partial charge on any atom is -0.497 e. The number of methoxy groups -OCH3 is 1. The first-order chi connectivity index (χ1) is 9.33. The third-order valence-electron chi connectivity index (χ3n) is 3.01. The van der Waals surface area contributed by atoms with Gasteiger partial charge in [-0.05, 0) is 37.1 Å². The molecule has 102 valence electrons. The fourth-order valence-corrected chi connectivity index (χ4v) is 2.01. The maximum atomic E-state index is 5.25. The summed E-state index contributed by atoms with van der Waals surface area (Å²) in [4.78, 5) is 0. The van der Waals surface area contributed by atoms with E-state index < -0.39 is 0 Å². The molecular formula is C14H20N4O. The Morgan fingerprint density at radius 3 is 3.00 bits per heavy atom. The normalized spacial score (nSPS) is 12.3. The van der Waals surface area contributed by atoms with E-state index in [4.69, 9.17) is 4.74 Å². The Morgan fingerprint density at radius 2 is 2.32 bits per heavy atom. The minimum absolute atomic E-state index is 0.172. The number of nitrogens with zero attached hydrogens (tertiary/aromatic N) is 2. The fraction of sp³-hybridized carbons (Fsp3) is 0.429. The molecule has 0 aliphatic rings. The van der Waals surface area contributed by atoms with Crippen molar-refractivity contribution in [3.8, 4) is 5.75 Å². The van der Waals surface area contributed by atoms with E-state index in [1.807, 2.05) is 12.1 Å². The van der Waals surface area contributed by atoms with Crippen molar-refractivity contribution in [1.82, 2.24) is 20.7 Å². The van der Waals surface area contributed by atoms with Gasteiger partial charge in [0.25, 0.3) is 0 Å². The van der Waals surface area contributed by atoms with Crippen molar-refractivity contribution in [1.29, 1.82) is 0 Å². The molecule has 1 unspecified atom stereocenters. The molecule has 0 saturated heterocycles. The van der Waals surface area contributed by atoms with Gasteiger partial charge in [0.15, 0.2) is 0 Å². The van der Waals surface area contributed by atoms with E-state index in [2.05, 4.69) is 39.8 Å². The van der Waals surface area contributed by atoms with Crippen LogP contribution in [0.15, 0.2) is 30.5 Å². The van der Waals surface area contributed by atoms with Crippen molar-refractivity contribution in [2.45, 2.75) is 25.8 Å². The monoisotopic (exact) mass is 260 g/mol. The number of aromatic nitrogens is 3. The van der Waals surface area contributed by atoms with Gasteiger partial charge in [-0.1, -0.05) is 19.1 Å². The van der Waals surface area contributed by atoms with Crippen molar-refractivity contribution >= 4 is 0 Å². The lowest BCUT2D eigenvalue weighted by molar-refractivity contribution is 0.413. The number of benzene rings is 1. The molecule has 2 aromatic rings. The van der Waals surface area contributed by atoms with Crippen LogP contribution in [-0.2, 0) is 6.42 Å². The number of ether oxygens (including phenoxy) is 1. The van der Waals surface area contributed by atoms with Crippen LogP contribution >= 0.6 is 0 Å². The first-order valence-corrected chi connectivity index (χ1v) is 6.55. The van der Waals surface area contributed by atoms with Gasteiger partial charge in [-0.15, -0.1) is 0 Å². The zero-order chi connectivity index (χ0) is 13.5. The van der Waals surface area contributed by atoms with E-state index in [1.54, 1.807) is 13.3 Å². The van der Waals surface area contributed by atoms with Crippen LogP contribution in [0.3, 0.4) is 0 Å². The molecule has 0 amide bonds. The quantitative estimate of drug-likeness (QED) is 0.800. The van der Waals surface area contributed by atoms with E-state index in [-0.39, 0.29) is 6.04 Å². The molecule has 2 N–H and O–H groups in total. The van der Waals surface area contributed by atoms with Gasteiger partial charge >= 0.3 is 0 Å². The van der Waals surface area contributed by atoms with Crippen LogP contribution in [0.25, 0.3) is 0 Å². The lowest BCUT2D eigenvalue weighted by Crippen LogP contribution is -2.24. The fourth-order valence-electron chi connectivity index (χ4n) is 2.01.